The van der Waals surface area contributed by atoms with Crippen LogP contribution in [0.3, 0.4) is 0 Å². The largest absolute Gasteiger partial charge is 0.269 e. The fraction of sp³-hybridized carbons (Fsp3) is 0.417. The SMILES string of the molecule is CCn1nc(-c2cnccn2)c2c1CCC2. The first-order valence-corrected chi connectivity index (χ1v) is 5.75. The van der Waals surface area contributed by atoms with Gasteiger partial charge in [-0.1, -0.05) is 0 Å². The van der Waals surface area contributed by atoms with Gasteiger partial charge in [0.15, 0.2) is 0 Å². The summed E-state index contributed by atoms with van der Waals surface area (Å²) in [5, 5.41) is 4.63. The van der Waals surface area contributed by atoms with Gasteiger partial charge in [-0.15, -0.1) is 0 Å². The van der Waals surface area contributed by atoms with Crippen LogP contribution < -0.4 is 0 Å². The standard InChI is InChI=1S/C12H14N4/c1-2-16-11-5-3-4-9(11)12(15-16)10-8-13-6-7-14-10/h6-8H,2-5H2,1H3. The van der Waals surface area contributed by atoms with E-state index in [0.29, 0.717) is 0 Å². The van der Waals surface area contributed by atoms with E-state index in [4.69, 9.17) is 0 Å². The van der Waals surface area contributed by atoms with Crippen LogP contribution in [0, 0.1) is 0 Å². The van der Waals surface area contributed by atoms with Crippen molar-refractivity contribution >= 4 is 0 Å². The highest BCUT2D eigenvalue weighted by Crippen LogP contribution is 2.30. The van der Waals surface area contributed by atoms with Crippen LogP contribution in [0.1, 0.15) is 24.6 Å². The molecule has 0 N–H and O–H groups in total. The number of hydrogen-bond donors (Lipinski definition) is 0. The quantitative estimate of drug-likeness (QED) is 0.766. The Balaban J connectivity index is 2.15. The molecule has 0 radical (unpaired) electrons. The number of rotatable bonds is 2. The van der Waals surface area contributed by atoms with Crippen molar-refractivity contribution in [2.24, 2.45) is 0 Å². The molecule has 0 saturated carbocycles. The van der Waals surface area contributed by atoms with Crippen LogP contribution in [-0.4, -0.2) is 19.7 Å². The van der Waals surface area contributed by atoms with E-state index < -0.39 is 0 Å². The van der Waals surface area contributed by atoms with Gasteiger partial charge in [-0.25, -0.2) is 0 Å². The summed E-state index contributed by atoms with van der Waals surface area (Å²) in [6, 6.07) is 0. The summed E-state index contributed by atoms with van der Waals surface area (Å²) in [5.41, 5.74) is 4.70. The Morgan fingerprint density at radius 1 is 1.31 bits per heavy atom. The average molecular weight is 214 g/mol. The highest BCUT2D eigenvalue weighted by molar-refractivity contribution is 5.60. The lowest BCUT2D eigenvalue weighted by atomic mass is 10.1. The van der Waals surface area contributed by atoms with Gasteiger partial charge in [0.1, 0.15) is 11.4 Å². The molecule has 0 aromatic carbocycles. The van der Waals surface area contributed by atoms with Crippen molar-refractivity contribution in [2.45, 2.75) is 32.7 Å². The molecule has 3 rings (SSSR count). The maximum Gasteiger partial charge on any atom is 0.116 e. The second-order valence-electron chi connectivity index (χ2n) is 4.03. The molecule has 82 valence electrons. The minimum Gasteiger partial charge on any atom is -0.269 e. The molecule has 0 amide bonds. The van der Waals surface area contributed by atoms with Crippen molar-refractivity contribution in [1.29, 1.82) is 0 Å². The lowest BCUT2D eigenvalue weighted by Crippen LogP contribution is -2.01. The summed E-state index contributed by atoms with van der Waals surface area (Å²) in [4.78, 5) is 8.45. The fourth-order valence-corrected chi connectivity index (χ4v) is 2.40. The van der Waals surface area contributed by atoms with Gasteiger partial charge in [-0.05, 0) is 26.2 Å². The molecule has 4 heteroatoms. The van der Waals surface area contributed by atoms with Gasteiger partial charge in [-0.2, -0.15) is 5.10 Å². The molecule has 0 unspecified atom stereocenters. The molecule has 0 atom stereocenters. The summed E-state index contributed by atoms with van der Waals surface area (Å²) in [6.45, 7) is 3.06. The zero-order chi connectivity index (χ0) is 11.0. The van der Waals surface area contributed by atoms with Crippen molar-refractivity contribution in [2.75, 3.05) is 0 Å². The van der Waals surface area contributed by atoms with E-state index in [-0.39, 0.29) is 0 Å². The van der Waals surface area contributed by atoms with Crippen molar-refractivity contribution in [3.8, 4) is 11.4 Å². The summed E-state index contributed by atoms with van der Waals surface area (Å²) in [5.74, 6) is 0. The van der Waals surface area contributed by atoms with Gasteiger partial charge >= 0.3 is 0 Å². The molecule has 2 heterocycles. The molecule has 1 aliphatic carbocycles. The van der Waals surface area contributed by atoms with Gasteiger partial charge in [-0.3, -0.25) is 14.6 Å². The van der Waals surface area contributed by atoms with E-state index in [2.05, 4.69) is 26.7 Å². The van der Waals surface area contributed by atoms with Gasteiger partial charge in [0, 0.05) is 30.2 Å². The monoisotopic (exact) mass is 214 g/mol. The topological polar surface area (TPSA) is 43.6 Å². The summed E-state index contributed by atoms with van der Waals surface area (Å²) < 4.78 is 2.10. The maximum atomic E-state index is 4.63. The number of aryl methyl sites for hydroxylation is 1. The Morgan fingerprint density at radius 3 is 3.00 bits per heavy atom. The van der Waals surface area contributed by atoms with Gasteiger partial charge in [0.25, 0.3) is 0 Å². The van der Waals surface area contributed by atoms with E-state index in [1.165, 1.54) is 17.7 Å². The van der Waals surface area contributed by atoms with Crippen LogP contribution in [0.15, 0.2) is 18.6 Å². The Kier molecular flexibility index (Phi) is 2.20. The zero-order valence-electron chi connectivity index (χ0n) is 9.35. The molecule has 0 saturated heterocycles. The normalized spacial score (nSPS) is 14.1. The lowest BCUT2D eigenvalue weighted by Gasteiger charge is -1.99. The molecule has 4 nitrogen and oxygen atoms in total. The third-order valence-electron chi connectivity index (χ3n) is 3.11. The van der Waals surface area contributed by atoms with E-state index in [1.54, 1.807) is 18.6 Å². The molecular weight excluding hydrogens is 200 g/mol. The van der Waals surface area contributed by atoms with E-state index in [9.17, 15) is 0 Å². The predicted octanol–water partition coefficient (Wildman–Crippen LogP) is 1.85. The number of aromatic nitrogens is 4. The molecular formula is C12H14N4. The first kappa shape index (κ1) is 9.51. The number of fused-ring (bicyclic) bond motifs is 1. The molecule has 2 aromatic heterocycles. The van der Waals surface area contributed by atoms with Crippen molar-refractivity contribution in [1.82, 2.24) is 19.7 Å². The molecule has 0 spiro atoms. The number of nitrogens with zero attached hydrogens (tertiary/aromatic N) is 4. The van der Waals surface area contributed by atoms with Crippen LogP contribution in [0.4, 0.5) is 0 Å². The zero-order valence-corrected chi connectivity index (χ0v) is 9.35. The molecule has 0 bridgehead atoms. The van der Waals surface area contributed by atoms with Gasteiger partial charge in [0.2, 0.25) is 0 Å². The fourth-order valence-electron chi connectivity index (χ4n) is 2.40. The first-order chi connectivity index (χ1) is 7.90. The van der Waals surface area contributed by atoms with Crippen molar-refractivity contribution in [3.63, 3.8) is 0 Å². The minimum atomic E-state index is 0.896. The van der Waals surface area contributed by atoms with Crippen LogP contribution in [-0.2, 0) is 19.4 Å². The van der Waals surface area contributed by atoms with Crippen molar-refractivity contribution < 1.29 is 0 Å². The van der Waals surface area contributed by atoms with E-state index in [0.717, 1.165) is 30.8 Å². The Labute approximate surface area is 94.4 Å². The molecule has 0 aliphatic heterocycles. The Morgan fingerprint density at radius 2 is 2.25 bits per heavy atom. The Hall–Kier alpha value is -1.71. The average Bonchev–Trinajstić information content (AvgIpc) is 2.91. The number of hydrogen-bond acceptors (Lipinski definition) is 3. The molecule has 16 heavy (non-hydrogen) atoms. The molecule has 0 fully saturated rings. The smallest absolute Gasteiger partial charge is 0.116 e. The highest BCUT2D eigenvalue weighted by atomic mass is 15.3. The van der Waals surface area contributed by atoms with Gasteiger partial charge < -0.3 is 0 Å². The second kappa shape index (κ2) is 3.70. The van der Waals surface area contributed by atoms with Crippen LogP contribution >= 0.6 is 0 Å². The minimum absolute atomic E-state index is 0.896. The van der Waals surface area contributed by atoms with E-state index in [1.807, 2.05) is 0 Å². The summed E-state index contributed by atoms with van der Waals surface area (Å²) in [7, 11) is 0. The molecule has 1 aliphatic rings. The Bertz CT molecular complexity index is 501. The highest BCUT2D eigenvalue weighted by Gasteiger charge is 2.23. The van der Waals surface area contributed by atoms with Crippen molar-refractivity contribution in [3.05, 3.63) is 29.8 Å². The lowest BCUT2D eigenvalue weighted by molar-refractivity contribution is 0.623. The summed E-state index contributed by atoms with van der Waals surface area (Å²) >= 11 is 0. The van der Waals surface area contributed by atoms with Crippen LogP contribution in [0.25, 0.3) is 11.4 Å². The van der Waals surface area contributed by atoms with Crippen LogP contribution in [0.5, 0.6) is 0 Å². The maximum absolute atomic E-state index is 4.63. The third kappa shape index (κ3) is 1.33. The first-order valence-electron chi connectivity index (χ1n) is 5.75. The predicted molar refractivity (Wildman–Crippen MR) is 61.0 cm³/mol. The summed E-state index contributed by atoms with van der Waals surface area (Å²) in [6.07, 6.45) is 8.72. The van der Waals surface area contributed by atoms with E-state index >= 15 is 0 Å². The second-order valence-corrected chi connectivity index (χ2v) is 4.03. The van der Waals surface area contributed by atoms with Gasteiger partial charge in [0.05, 0.1) is 6.20 Å². The van der Waals surface area contributed by atoms with Crippen LogP contribution in [0.2, 0.25) is 0 Å². The molecule has 2 aromatic rings. The third-order valence-corrected chi connectivity index (χ3v) is 3.11.